The number of anilines is 1. The lowest BCUT2D eigenvalue weighted by molar-refractivity contribution is -0.113. The van der Waals surface area contributed by atoms with Crippen LogP contribution in [0.1, 0.15) is 39.1 Å². The van der Waals surface area contributed by atoms with Crippen molar-refractivity contribution < 1.29 is 9.53 Å². The summed E-state index contributed by atoms with van der Waals surface area (Å²) in [6, 6.07) is 15.1. The first-order chi connectivity index (χ1) is 14.8. The molecule has 0 saturated carbocycles. The molecule has 1 amide bonds. The summed E-state index contributed by atoms with van der Waals surface area (Å²) in [7, 11) is 0. The zero-order valence-corrected chi connectivity index (χ0v) is 19.8. The van der Waals surface area contributed by atoms with Gasteiger partial charge in [0.25, 0.3) is 0 Å². The monoisotopic (exact) mass is 458 g/mol. The van der Waals surface area contributed by atoms with E-state index in [0.29, 0.717) is 28.3 Å². The van der Waals surface area contributed by atoms with Crippen molar-refractivity contribution in [2.45, 2.75) is 51.4 Å². The summed E-state index contributed by atoms with van der Waals surface area (Å²) in [5.41, 5.74) is 1.89. The van der Waals surface area contributed by atoms with Crippen LogP contribution in [0.3, 0.4) is 0 Å². The van der Waals surface area contributed by atoms with Gasteiger partial charge in [-0.15, -0.1) is 10.2 Å². The Bertz CT molecular complexity index is 1030. The van der Waals surface area contributed by atoms with Gasteiger partial charge in [-0.1, -0.05) is 62.3 Å². The number of nitrogens with one attached hydrogen (secondary N) is 1. The highest BCUT2D eigenvalue weighted by atomic mass is 35.5. The van der Waals surface area contributed by atoms with Crippen molar-refractivity contribution in [2.75, 3.05) is 11.1 Å². The predicted octanol–water partition coefficient (Wildman–Crippen LogP) is 5.56. The third-order valence-corrected chi connectivity index (χ3v) is 5.85. The van der Waals surface area contributed by atoms with Gasteiger partial charge in [0.2, 0.25) is 5.91 Å². The van der Waals surface area contributed by atoms with Gasteiger partial charge in [-0.2, -0.15) is 0 Å². The van der Waals surface area contributed by atoms with E-state index >= 15 is 0 Å². The minimum Gasteiger partial charge on any atom is -0.486 e. The van der Waals surface area contributed by atoms with Gasteiger partial charge in [-0.05, 0) is 48.2 Å². The van der Waals surface area contributed by atoms with Crippen LogP contribution < -0.4 is 10.1 Å². The molecule has 0 unspecified atom stereocenters. The van der Waals surface area contributed by atoms with Crippen LogP contribution in [0.15, 0.2) is 53.7 Å². The van der Waals surface area contributed by atoms with Gasteiger partial charge >= 0.3 is 0 Å². The van der Waals surface area contributed by atoms with Gasteiger partial charge in [0, 0.05) is 17.3 Å². The average Bonchev–Trinajstić information content (AvgIpc) is 3.13. The maximum Gasteiger partial charge on any atom is 0.234 e. The Hall–Kier alpha value is -2.51. The molecule has 0 saturated heterocycles. The molecule has 1 N–H and O–H groups in total. The van der Waals surface area contributed by atoms with Crippen LogP contribution >= 0.6 is 23.4 Å². The molecule has 2 aromatic carbocycles. The Morgan fingerprint density at radius 2 is 1.84 bits per heavy atom. The Labute approximate surface area is 192 Å². The smallest absolute Gasteiger partial charge is 0.234 e. The number of para-hydroxylation sites is 1. The molecule has 1 heterocycles. The molecule has 0 radical (unpaired) electrons. The maximum absolute atomic E-state index is 12.6. The number of aromatic nitrogens is 3. The molecule has 164 valence electrons. The molecule has 0 aliphatic heterocycles. The Morgan fingerprint density at radius 1 is 1.13 bits per heavy atom. The summed E-state index contributed by atoms with van der Waals surface area (Å²) < 4.78 is 7.74. The maximum atomic E-state index is 12.6. The van der Waals surface area contributed by atoms with Crippen molar-refractivity contribution in [1.82, 2.24) is 14.8 Å². The number of amides is 1. The second-order valence-corrected chi connectivity index (χ2v) is 9.40. The average molecular weight is 459 g/mol. The summed E-state index contributed by atoms with van der Waals surface area (Å²) in [4.78, 5) is 12.6. The fraction of sp³-hybridized carbons (Fsp3) is 0.348. The second-order valence-electron chi connectivity index (χ2n) is 8.02. The zero-order chi connectivity index (χ0) is 22.4. The molecule has 8 heteroatoms. The van der Waals surface area contributed by atoms with Crippen molar-refractivity contribution in [3.8, 4) is 5.75 Å². The normalized spacial score (nSPS) is 11.4. The standard InChI is InChI=1S/C23H27ClN4O2S/c1-5-28-20(14-30-17-12-10-16(24)11-13-17)26-27-22(28)31-15-21(29)25-19-9-7-6-8-18(19)23(2,3)4/h6-13H,5,14-15H2,1-4H3,(H,25,29). The largest absolute Gasteiger partial charge is 0.486 e. The first-order valence-electron chi connectivity index (χ1n) is 10.1. The first kappa shape index (κ1) is 23.2. The number of carbonyl (C=O) groups excluding carboxylic acids is 1. The Balaban J connectivity index is 1.60. The molecule has 3 aromatic rings. The van der Waals surface area contributed by atoms with E-state index in [1.54, 1.807) is 12.1 Å². The van der Waals surface area contributed by atoms with Crippen molar-refractivity contribution in [2.24, 2.45) is 0 Å². The van der Waals surface area contributed by atoms with Crippen LogP contribution in [0.5, 0.6) is 5.75 Å². The van der Waals surface area contributed by atoms with Crippen LogP contribution in [-0.2, 0) is 23.4 Å². The molecule has 3 rings (SSSR count). The molecule has 0 atom stereocenters. The van der Waals surface area contributed by atoms with Crippen LogP contribution in [0.25, 0.3) is 0 Å². The van der Waals surface area contributed by atoms with Crippen LogP contribution in [-0.4, -0.2) is 26.4 Å². The predicted molar refractivity (Wildman–Crippen MR) is 126 cm³/mol. The second kappa shape index (κ2) is 10.2. The molecule has 6 nitrogen and oxygen atoms in total. The van der Waals surface area contributed by atoms with E-state index < -0.39 is 0 Å². The molecular formula is C23H27ClN4O2S. The highest BCUT2D eigenvalue weighted by molar-refractivity contribution is 7.99. The lowest BCUT2D eigenvalue weighted by Gasteiger charge is -2.22. The van der Waals surface area contributed by atoms with Crippen molar-refractivity contribution in [3.63, 3.8) is 0 Å². The lowest BCUT2D eigenvalue weighted by Crippen LogP contribution is -2.20. The molecule has 0 fully saturated rings. The minimum atomic E-state index is -0.0775. The van der Waals surface area contributed by atoms with Crippen molar-refractivity contribution >= 4 is 35.0 Å². The van der Waals surface area contributed by atoms with Gasteiger partial charge in [0.15, 0.2) is 11.0 Å². The molecular weight excluding hydrogens is 432 g/mol. The van der Waals surface area contributed by atoms with Gasteiger partial charge in [-0.25, -0.2) is 0 Å². The highest BCUT2D eigenvalue weighted by Crippen LogP contribution is 2.29. The number of rotatable bonds is 8. The Kier molecular flexibility index (Phi) is 7.62. The van der Waals surface area contributed by atoms with Gasteiger partial charge in [0.1, 0.15) is 12.4 Å². The third kappa shape index (κ3) is 6.24. The van der Waals surface area contributed by atoms with Crippen LogP contribution in [0, 0.1) is 0 Å². The SMILES string of the molecule is CCn1c(COc2ccc(Cl)cc2)nnc1SCC(=O)Nc1ccccc1C(C)(C)C. The number of benzene rings is 2. The van der Waals surface area contributed by atoms with E-state index in [0.717, 1.165) is 11.3 Å². The quantitative estimate of drug-likeness (QED) is 0.447. The van der Waals surface area contributed by atoms with Crippen LogP contribution in [0.2, 0.25) is 5.02 Å². The number of carbonyl (C=O) groups is 1. The molecule has 0 aliphatic rings. The van der Waals surface area contributed by atoms with Crippen molar-refractivity contribution in [3.05, 3.63) is 64.9 Å². The molecule has 0 aliphatic carbocycles. The summed E-state index contributed by atoms with van der Waals surface area (Å²) in [5, 5.41) is 12.9. The fourth-order valence-electron chi connectivity index (χ4n) is 3.09. The van der Waals surface area contributed by atoms with Crippen LogP contribution in [0.4, 0.5) is 5.69 Å². The summed E-state index contributed by atoms with van der Waals surface area (Å²) in [6.07, 6.45) is 0. The summed E-state index contributed by atoms with van der Waals surface area (Å²) in [6.45, 7) is 9.37. The number of thioether (sulfide) groups is 1. The molecule has 0 bridgehead atoms. The lowest BCUT2D eigenvalue weighted by atomic mass is 9.86. The fourth-order valence-corrected chi connectivity index (χ4v) is 4.04. The minimum absolute atomic E-state index is 0.0572. The highest BCUT2D eigenvalue weighted by Gasteiger charge is 2.19. The first-order valence-corrected chi connectivity index (χ1v) is 11.5. The van der Waals surface area contributed by atoms with E-state index in [1.165, 1.54) is 11.8 Å². The van der Waals surface area contributed by atoms with Gasteiger partial charge < -0.3 is 14.6 Å². The number of hydrogen-bond donors (Lipinski definition) is 1. The molecule has 1 aromatic heterocycles. The number of hydrogen-bond acceptors (Lipinski definition) is 5. The topological polar surface area (TPSA) is 69.0 Å². The van der Waals surface area contributed by atoms with Gasteiger partial charge in [0.05, 0.1) is 5.75 Å². The van der Waals surface area contributed by atoms with E-state index in [9.17, 15) is 4.79 Å². The number of ether oxygens (including phenoxy) is 1. The van der Waals surface area contributed by atoms with Crippen molar-refractivity contribution in [1.29, 1.82) is 0 Å². The van der Waals surface area contributed by atoms with Gasteiger partial charge in [-0.3, -0.25) is 4.79 Å². The third-order valence-electron chi connectivity index (χ3n) is 4.63. The van der Waals surface area contributed by atoms with E-state index in [2.05, 4.69) is 36.3 Å². The summed E-state index contributed by atoms with van der Waals surface area (Å²) >= 11 is 7.27. The Morgan fingerprint density at radius 3 is 2.52 bits per heavy atom. The van der Waals surface area contributed by atoms with E-state index in [4.69, 9.17) is 16.3 Å². The molecule has 31 heavy (non-hydrogen) atoms. The number of nitrogens with zero attached hydrogens (tertiary/aromatic N) is 3. The van der Waals surface area contributed by atoms with E-state index in [1.807, 2.05) is 47.9 Å². The zero-order valence-electron chi connectivity index (χ0n) is 18.2. The summed E-state index contributed by atoms with van der Waals surface area (Å²) in [5.74, 6) is 1.58. The number of halogens is 1. The molecule has 0 spiro atoms. The van der Waals surface area contributed by atoms with E-state index in [-0.39, 0.29) is 23.7 Å².